The molecule has 0 saturated carbocycles. The second-order valence-corrected chi connectivity index (χ2v) is 7.29. The van der Waals surface area contributed by atoms with Crippen molar-refractivity contribution in [2.45, 2.75) is 53.0 Å². The van der Waals surface area contributed by atoms with Crippen LogP contribution >= 0.6 is 11.6 Å². The number of rotatable bonds is 6. The molecular weight excluding hydrogens is 270 g/mol. The van der Waals surface area contributed by atoms with E-state index in [1.807, 2.05) is 6.07 Å². The Labute approximate surface area is 127 Å². The standard InChI is InChI=1S/C17H26ClNO/c1-12(2)19-11-17(3,4)7-5-13-9-15(18)10-14-6-8-20-16(13)14/h9-10,12,19H,5-8,11H2,1-4H3. The van der Waals surface area contributed by atoms with Crippen LogP contribution in [0.15, 0.2) is 12.1 Å². The van der Waals surface area contributed by atoms with Crippen LogP contribution in [0, 0.1) is 5.41 Å². The fraction of sp³-hybridized carbons (Fsp3) is 0.647. The lowest BCUT2D eigenvalue weighted by Crippen LogP contribution is -2.34. The van der Waals surface area contributed by atoms with E-state index in [2.05, 4.69) is 39.1 Å². The van der Waals surface area contributed by atoms with Crippen molar-refractivity contribution in [3.05, 3.63) is 28.3 Å². The molecule has 2 nitrogen and oxygen atoms in total. The van der Waals surface area contributed by atoms with Gasteiger partial charge in [0.2, 0.25) is 0 Å². The minimum absolute atomic E-state index is 0.276. The van der Waals surface area contributed by atoms with Crippen molar-refractivity contribution in [3.8, 4) is 5.75 Å². The topological polar surface area (TPSA) is 21.3 Å². The summed E-state index contributed by atoms with van der Waals surface area (Å²) >= 11 is 6.21. The number of hydrogen-bond acceptors (Lipinski definition) is 2. The van der Waals surface area contributed by atoms with Crippen LogP contribution in [0.1, 0.15) is 45.2 Å². The van der Waals surface area contributed by atoms with Gasteiger partial charge in [0, 0.05) is 24.0 Å². The maximum absolute atomic E-state index is 6.21. The summed E-state index contributed by atoms with van der Waals surface area (Å²) < 4.78 is 5.77. The number of nitrogens with one attached hydrogen (secondary N) is 1. The van der Waals surface area contributed by atoms with Crippen molar-refractivity contribution in [2.75, 3.05) is 13.2 Å². The van der Waals surface area contributed by atoms with Crippen LogP contribution in [-0.4, -0.2) is 19.2 Å². The maximum Gasteiger partial charge on any atom is 0.125 e. The summed E-state index contributed by atoms with van der Waals surface area (Å²) in [4.78, 5) is 0. The average Bonchev–Trinajstić information content (AvgIpc) is 2.81. The van der Waals surface area contributed by atoms with Gasteiger partial charge in [0.25, 0.3) is 0 Å². The van der Waals surface area contributed by atoms with E-state index in [-0.39, 0.29) is 5.41 Å². The minimum atomic E-state index is 0.276. The molecule has 0 bridgehead atoms. The van der Waals surface area contributed by atoms with Crippen LogP contribution in [0.4, 0.5) is 0 Å². The van der Waals surface area contributed by atoms with Crippen LogP contribution < -0.4 is 10.1 Å². The summed E-state index contributed by atoms with van der Waals surface area (Å²) in [5.74, 6) is 1.09. The second-order valence-electron chi connectivity index (χ2n) is 6.85. The summed E-state index contributed by atoms with van der Waals surface area (Å²) in [7, 11) is 0. The van der Waals surface area contributed by atoms with E-state index in [1.54, 1.807) is 0 Å². The summed E-state index contributed by atoms with van der Waals surface area (Å²) in [6.45, 7) is 10.8. The van der Waals surface area contributed by atoms with Gasteiger partial charge in [0.15, 0.2) is 0 Å². The molecule has 0 aliphatic carbocycles. The SMILES string of the molecule is CC(C)NCC(C)(C)CCc1cc(Cl)cc2c1OCC2. The molecule has 2 rings (SSSR count). The Hall–Kier alpha value is -0.730. The van der Waals surface area contributed by atoms with Gasteiger partial charge in [-0.1, -0.05) is 39.3 Å². The summed E-state index contributed by atoms with van der Waals surface area (Å²) in [5, 5.41) is 4.36. The zero-order valence-corrected chi connectivity index (χ0v) is 13.8. The van der Waals surface area contributed by atoms with Gasteiger partial charge in [-0.05, 0) is 41.5 Å². The van der Waals surface area contributed by atoms with Gasteiger partial charge in [0.05, 0.1) is 6.61 Å². The molecule has 0 aromatic heterocycles. The molecule has 0 fully saturated rings. The molecule has 1 N–H and O–H groups in total. The summed E-state index contributed by atoms with van der Waals surface area (Å²) in [6, 6.07) is 4.64. The Morgan fingerprint density at radius 3 is 2.80 bits per heavy atom. The highest BCUT2D eigenvalue weighted by Crippen LogP contribution is 2.35. The Bertz CT molecular complexity index is 468. The lowest BCUT2D eigenvalue weighted by atomic mass is 9.85. The first kappa shape index (κ1) is 15.7. The molecule has 112 valence electrons. The van der Waals surface area contributed by atoms with E-state index in [1.165, 1.54) is 11.1 Å². The molecule has 0 amide bonds. The molecule has 1 aromatic rings. The number of ether oxygens (including phenoxy) is 1. The van der Waals surface area contributed by atoms with Gasteiger partial charge in [-0.15, -0.1) is 0 Å². The lowest BCUT2D eigenvalue weighted by Gasteiger charge is -2.26. The molecule has 0 atom stereocenters. The normalized spacial score (nSPS) is 14.5. The number of hydrogen-bond donors (Lipinski definition) is 1. The molecule has 0 radical (unpaired) electrons. The number of fused-ring (bicyclic) bond motifs is 1. The van der Waals surface area contributed by atoms with Crippen molar-refractivity contribution < 1.29 is 4.74 Å². The van der Waals surface area contributed by atoms with Crippen LogP contribution in [0.5, 0.6) is 5.75 Å². The van der Waals surface area contributed by atoms with E-state index >= 15 is 0 Å². The minimum Gasteiger partial charge on any atom is -0.493 e. The number of halogens is 1. The highest BCUT2D eigenvalue weighted by atomic mass is 35.5. The van der Waals surface area contributed by atoms with Crippen molar-refractivity contribution in [2.24, 2.45) is 5.41 Å². The van der Waals surface area contributed by atoms with Gasteiger partial charge in [-0.3, -0.25) is 0 Å². The Kier molecular flexibility index (Phi) is 4.98. The zero-order valence-electron chi connectivity index (χ0n) is 13.1. The molecule has 20 heavy (non-hydrogen) atoms. The summed E-state index contributed by atoms with van der Waals surface area (Å²) in [6.07, 6.45) is 3.14. The number of benzene rings is 1. The third-order valence-corrected chi connectivity index (χ3v) is 4.10. The maximum atomic E-state index is 6.21. The monoisotopic (exact) mass is 295 g/mol. The predicted molar refractivity (Wildman–Crippen MR) is 85.9 cm³/mol. The predicted octanol–water partition coefficient (Wildman–Crippen LogP) is 4.23. The van der Waals surface area contributed by atoms with Crippen molar-refractivity contribution in [1.29, 1.82) is 0 Å². The fourth-order valence-corrected chi connectivity index (χ4v) is 2.84. The van der Waals surface area contributed by atoms with E-state index in [0.29, 0.717) is 6.04 Å². The smallest absolute Gasteiger partial charge is 0.125 e. The van der Waals surface area contributed by atoms with E-state index in [0.717, 1.165) is 43.2 Å². The van der Waals surface area contributed by atoms with Gasteiger partial charge in [0.1, 0.15) is 5.75 Å². The van der Waals surface area contributed by atoms with Gasteiger partial charge in [-0.25, -0.2) is 0 Å². The summed E-state index contributed by atoms with van der Waals surface area (Å²) in [5.41, 5.74) is 2.81. The van der Waals surface area contributed by atoms with Gasteiger partial charge < -0.3 is 10.1 Å². The zero-order chi connectivity index (χ0) is 14.8. The molecule has 0 saturated heterocycles. The third kappa shape index (κ3) is 4.13. The Morgan fingerprint density at radius 1 is 1.35 bits per heavy atom. The Balaban J connectivity index is 2.00. The first-order valence-corrected chi connectivity index (χ1v) is 7.93. The molecule has 0 unspecified atom stereocenters. The molecule has 1 heterocycles. The van der Waals surface area contributed by atoms with Gasteiger partial charge in [-0.2, -0.15) is 0 Å². The quantitative estimate of drug-likeness (QED) is 0.848. The lowest BCUT2D eigenvalue weighted by molar-refractivity contribution is 0.301. The van der Waals surface area contributed by atoms with E-state index in [4.69, 9.17) is 16.3 Å². The molecule has 1 aromatic carbocycles. The van der Waals surface area contributed by atoms with Crippen LogP contribution in [0.2, 0.25) is 5.02 Å². The van der Waals surface area contributed by atoms with Crippen LogP contribution in [0.3, 0.4) is 0 Å². The molecule has 3 heteroatoms. The number of aryl methyl sites for hydroxylation is 1. The fourth-order valence-electron chi connectivity index (χ4n) is 2.57. The first-order chi connectivity index (χ1) is 9.37. The van der Waals surface area contributed by atoms with Crippen LogP contribution in [-0.2, 0) is 12.8 Å². The highest BCUT2D eigenvalue weighted by Gasteiger charge is 2.22. The molecule has 1 aliphatic rings. The molecule has 1 aliphatic heterocycles. The highest BCUT2D eigenvalue weighted by molar-refractivity contribution is 6.30. The average molecular weight is 296 g/mol. The van der Waals surface area contributed by atoms with Crippen molar-refractivity contribution in [1.82, 2.24) is 5.32 Å². The molecular formula is C17H26ClNO. The van der Waals surface area contributed by atoms with E-state index < -0.39 is 0 Å². The van der Waals surface area contributed by atoms with Crippen molar-refractivity contribution >= 4 is 11.6 Å². The second kappa shape index (κ2) is 6.36. The largest absolute Gasteiger partial charge is 0.493 e. The molecule has 0 spiro atoms. The third-order valence-electron chi connectivity index (χ3n) is 3.89. The van der Waals surface area contributed by atoms with E-state index in [9.17, 15) is 0 Å². The Morgan fingerprint density at radius 2 is 2.10 bits per heavy atom. The first-order valence-electron chi connectivity index (χ1n) is 7.55. The van der Waals surface area contributed by atoms with Crippen LogP contribution in [0.25, 0.3) is 0 Å². The van der Waals surface area contributed by atoms with Crippen molar-refractivity contribution in [3.63, 3.8) is 0 Å². The van der Waals surface area contributed by atoms with Gasteiger partial charge >= 0.3 is 0 Å².